The number of ether oxygens (including phenoxy) is 2. The van der Waals surface area contributed by atoms with Crippen molar-refractivity contribution in [1.82, 2.24) is 14.9 Å². The van der Waals surface area contributed by atoms with E-state index < -0.39 is 10.0 Å². The lowest BCUT2D eigenvalue weighted by atomic mass is 10.1. The molecule has 0 spiro atoms. The number of ketones is 1. The Bertz CT molecular complexity index is 1110. The number of nitrogens with one attached hydrogen (secondary N) is 1. The van der Waals surface area contributed by atoms with Crippen LogP contribution in [-0.4, -0.2) is 44.2 Å². The summed E-state index contributed by atoms with van der Waals surface area (Å²) < 4.78 is 37.9. The molecule has 0 radical (unpaired) electrons. The first-order chi connectivity index (χ1) is 14.9. The first-order valence-corrected chi connectivity index (χ1v) is 11.2. The number of nitrogens with zero attached hydrogens (tertiary/aromatic N) is 2. The number of Topliss-reactive ketones (excluding diaryl/α,β-unsaturated/α-hetero) is 1. The minimum absolute atomic E-state index is 0.0547. The molecule has 162 valence electrons. The molecule has 0 aliphatic rings. The molecule has 0 saturated heterocycles. The molecule has 9 heteroatoms. The predicted octanol–water partition coefficient (Wildman–Crippen LogP) is 3.10. The highest BCUT2D eigenvalue weighted by atomic mass is 32.2. The van der Waals surface area contributed by atoms with Crippen molar-refractivity contribution in [3.05, 3.63) is 66.2 Å². The Morgan fingerprint density at radius 2 is 1.65 bits per heavy atom. The number of carbonyl (C=O) groups is 1. The van der Waals surface area contributed by atoms with Crippen molar-refractivity contribution in [1.29, 1.82) is 0 Å². The van der Waals surface area contributed by atoms with Crippen LogP contribution in [0.5, 0.6) is 11.6 Å². The fourth-order valence-electron chi connectivity index (χ4n) is 2.72. The summed E-state index contributed by atoms with van der Waals surface area (Å²) in [5, 5.41) is 8.16. The summed E-state index contributed by atoms with van der Waals surface area (Å²) >= 11 is 0. The van der Waals surface area contributed by atoms with Crippen LogP contribution in [0, 0.1) is 0 Å². The van der Waals surface area contributed by atoms with Gasteiger partial charge in [-0.25, -0.2) is 13.1 Å². The van der Waals surface area contributed by atoms with Gasteiger partial charge in [0.05, 0.1) is 17.2 Å². The second kappa shape index (κ2) is 10.1. The van der Waals surface area contributed by atoms with E-state index in [9.17, 15) is 13.2 Å². The molecule has 0 fully saturated rings. The van der Waals surface area contributed by atoms with Gasteiger partial charge in [-0.15, -0.1) is 10.2 Å². The van der Waals surface area contributed by atoms with Crippen LogP contribution in [0.3, 0.4) is 0 Å². The Morgan fingerprint density at radius 3 is 2.23 bits per heavy atom. The van der Waals surface area contributed by atoms with Gasteiger partial charge in [-0.3, -0.25) is 4.79 Å². The normalized spacial score (nSPS) is 11.2. The van der Waals surface area contributed by atoms with Gasteiger partial charge >= 0.3 is 0 Å². The van der Waals surface area contributed by atoms with Gasteiger partial charge in [0.1, 0.15) is 12.4 Å². The molecule has 0 bridgehead atoms. The molecular formula is C22H23N3O5S. The van der Waals surface area contributed by atoms with E-state index in [0.29, 0.717) is 23.7 Å². The molecule has 1 heterocycles. The van der Waals surface area contributed by atoms with E-state index in [1.165, 1.54) is 31.2 Å². The lowest BCUT2D eigenvalue weighted by Crippen LogP contribution is -2.28. The average molecular weight is 442 g/mol. The van der Waals surface area contributed by atoms with Crippen molar-refractivity contribution in [2.45, 2.75) is 18.7 Å². The van der Waals surface area contributed by atoms with E-state index in [2.05, 4.69) is 14.9 Å². The average Bonchev–Trinajstić information content (AvgIpc) is 2.78. The minimum Gasteiger partial charge on any atom is -0.494 e. The molecule has 0 unspecified atom stereocenters. The Labute approximate surface area is 181 Å². The highest BCUT2D eigenvalue weighted by Gasteiger charge is 2.14. The summed E-state index contributed by atoms with van der Waals surface area (Å²) in [5.74, 6) is 0.955. The van der Waals surface area contributed by atoms with Crippen LogP contribution >= 0.6 is 0 Å². The van der Waals surface area contributed by atoms with E-state index in [-0.39, 0.29) is 23.8 Å². The predicted molar refractivity (Wildman–Crippen MR) is 116 cm³/mol. The quantitative estimate of drug-likeness (QED) is 0.380. The van der Waals surface area contributed by atoms with Crippen molar-refractivity contribution in [2.75, 3.05) is 19.8 Å². The Hall–Kier alpha value is -3.30. The first-order valence-electron chi connectivity index (χ1n) is 9.69. The van der Waals surface area contributed by atoms with E-state index in [0.717, 1.165) is 11.3 Å². The largest absolute Gasteiger partial charge is 0.494 e. The van der Waals surface area contributed by atoms with Crippen molar-refractivity contribution >= 4 is 15.8 Å². The zero-order valence-electron chi connectivity index (χ0n) is 17.2. The van der Waals surface area contributed by atoms with Gasteiger partial charge in [-0.1, -0.05) is 12.1 Å². The summed E-state index contributed by atoms with van der Waals surface area (Å²) in [6.45, 7) is 4.09. The number of rotatable bonds is 10. The minimum atomic E-state index is -3.70. The molecule has 8 nitrogen and oxygen atoms in total. The Balaban J connectivity index is 1.50. The number of carbonyl (C=O) groups excluding carboxylic acids is 1. The van der Waals surface area contributed by atoms with E-state index >= 15 is 0 Å². The lowest BCUT2D eigenvalue weighted by Gasteiger charge is -2.09. The number of sulfonamides is 1. The molecule has 0 amide bonds. The molecule has 1 N–H and O–H groups in total. The topological polar surface area (TPSA) is 107 Å². The van der Waals surface area contributed by atoms with Crippen LogP contribution in [0.1, 0.15) is 24.2 Å². The second-order valence-electron chi connectivity index (χ2n) is 6.54. The summed E-state index contributed by atoms with van der Waals surface area (Å²) in [6.07, 6.45) is 0. The molecule has 3 aromatic rings. The summed E-state index contributed by atoms with van der Waals surface area (Å²) in [7, 11) is -3.70. The van der Waals surface area contributed by atoms with Crippen LogP contribution in [0.25, 0.3) is 11.3 Å². The first kappa shape index (κ1) is 22.4. The third-order valence-corrected chi connectivity index (χ3v) is 5.79. The van der Waals surface area contributed by atoms with Crippen LogP contribution in [0.4, 0.5) is 0 Å². The van der Waals surface area contributed by atoms with Crippen LogP contribution in [0.2, 0.25) is 0 Å². The van der Waals surface area contributed by atoms with Crippen LogP contribution in [0.15, 0.2) is 65.6 Å². The highest BCUT2D eigenvalue weighted by molar-refractivity contribution is 7.89. The van der Waals surface area contributed by atoms with Gasteiger partial charge in [0, 0.05) is 23.7 Å². The SMILES string of the molecule is CCOc1ccc(-c2ccc(OCCNS(=O)(=O)c3ccc(C(C)=O)cc3)nn2)cc1. The maximum Gasteiger partial charge on any atom is 0.240 e. The number of hydrogen-bond donors (Lipinski definition) is 1. The van der Waals surface area contributed by atoms with Gasteiger partial charge in [0.25, 0.3) is 0 Å². The molecule has 0 aliphatic heterocycles. The maximum atomic E-state index is 12.3. The monoisotopic (exact) mass is 441 g/mol. The molecule has 0 aliphatic carbocycles. The van der Waals surface area contributed by atoms with Gasteiger partial charge < -0.3 is 9.47 Å². The molecule has 0 atom stereocenters. The van der Waals surface area contributed by atoms with E-state index in [1.54, 1.807) is 12.1 Å². The zero-order valence-corrected chi connectivity index (χ0v) is 18.1. The highest BCUT2D eigenvalue weighted by Crippen LogP contribution is 2.21. The fourth-order valence-corrected chi connectivity index (χ4v) is 3.74. The van der Waals surface area contributed by atoms with Gasteiger partial charge in [0.2, 0.25) is 15.9 Å². The number of aromatic nitrogens is 2. The fraction of sp³-hybridized carbons (Fsp3) is 0.227. The van der Waals surface area contributed by atoms with Crippen molar-refractivity contribution in [3.8, 4) is 22.9 Å². The van der Waals surface area contributed by atoms with Gasteiger partial charge in [-0.05, 0) is 56.3 Å². The molecule has 0 saturated carbocycles. The molecule has 3 rings (SSSR count). The zero-order chi connectivity index (χ0) is 22.3. The van der Waals surface area contributed by atoms with Crippen LogP contribution in [-0.2, 0) is 10.0 Å². The third-order valence-electron chi connectivity index (χ3n) is 4.32. The molecule has 2 aromatic carbocycles. The summed E-state index contributed by atoms with van der Waals surface area (Å²) in [4.78, 5) is 11.4. The smallest absolute Gasteiger partial charge is 0.240 e. The van der Waals surface area contributed by atoms with Crippen molar-refractivity contribution in [2.24, 2.45) is 0 Å². The van der Waals surface area contributed by atoms with Gasteiger partial charge in [0.15, 0.2) is 5.78 Å². The maximum absolute atomic E-state index is 12.3. The Kier molecular flexibility index (Phi) is 7.32. The summed E-state index contributed by atoms with van der Waals surface area (Å²) in [5.41, 5.74) is 2.03. The third kappa shape index (κ3) is 6.09. The second-order valence-corrected chi connectivity index (χ2v) is 8.31. The number of hydrogen-bond acceptors (Lipinski definition) is 7. The van der Waals surface area contributed by atoms with E-state index in [1.807, 2.05) is 31.2 Å². The van der Waals surface area contributed by atoms with Crippen molar-refractivity contribution < 1.29 is 22.7 Å². The number of benzene rings is 2. The van der Waals surface area contributed by atoms with Crippen LogP contribution < -0.4 is 14.2 Å². The van der Waals surface area contributed by atoms with E-state index in [4.69, 9.17) is 9.47 Å². The standard InChI is InChI=1S/C22H23N3O5S/c1-3-29-19-8-4-18(5-9-19)21-12-13-22(25-24-21)30-15-14-23-31(27,28)20-10-6-17(7-11-20)16(2)26/h4-13,23H,3,14-15H2,1-2H3. The summed E-state index contributed by atoms with van der Waals surface area (Å²) in [6, 6.07) is 16.7. The van der Waals surface area contributed by atoms with Gasteiger partial charge in [-0.2, -0.15) is 0 Å². The lowest BCUT2D eigenvalue weighted by molar-refractivity contribution is 0.101. The Morgan fingerprint density at radius 1 is 0.935 bits per heavy atom. The van der Waals surface area contributed by atoms with Crippen molar-refractivity contribution in [3.63, 3.8) is 0 Å². The molecule has 31 heavy (non-hydrogen) atoms. The molecular weight excluding hydrogens is 418 g/mol. The molecule has 1 aromatic heterocycles.